The molecular weight excluding hydrogens is 472 g/mol. The maximum atomic E-state index is 8.86. The Kier molecular flexibility index (Phi) is 4.25. The van der Waals surface area contributed by atoms with Gasteiger partial charge in [0.25, 0.3) is 0 Å². The van der Waals surface area contributed by atoms with Crippen molar-refractivity contribution in [1.82, 2.24) is 0 Å². The smallest absolute Gasteiger partial charge is 0.136 e. The topological polar surface area (TPSA) is 13.1 Å². The summed E-state index contributed by atoms with van der Waals surface area (Å²) in [5.74, 6) is 0. The molecule has 0 bridgehead atoms. The van der Waals surface area contributed by atoms with E-state index in [0.717, 1.165) is 16.5 Å². The van der Waals surface area contributed by atoms with Crippen LogP contribution in [0.15, 0.2) is 150 Å². The van der Waals surface area contributed by atoms with E-state index in [-0.39, 0.29) is 18.1 Å². The van der Waals surface area contributed by atoms with E-state index < -0.39 is 0 Å². The predicted molar refractivity (Wildman–Crippen MR) is 165 cm³/mol. The van der Waals surface area contributed by atoms with Gasteiger partial charge in [-0.05, 0) is 67.0 Å². The van der Waals surface area contributed by atoms with Crippen LogP contribution in [-0.4, -0.2) is 0 Å². The van der Waals surface area contributed by atoms with Gasteiger partial charge in [-0.15, -0.1) is 0 Å². The van der Waals surface area contributed by atoms with Gasteiger partial charge in [0.1, 0.15) is 11.2 Å². The fourth-order valence-corrected chi connectivity index (χ4v) is 5.97. The van der Waals surface area contributed by atoms with E-state index in [1.807, 2.05) is 42.5 Å². The molecule has 0 fully saturated rings. The molecule has 0 unspecified atom stereocenters. The van der Waals surface area contributed by atoms with Crippen LogP contribution in [0, 0.1) is 0 Å². The van der Waals surface area contributed by atoms with E-state index in [2.05, 4.69) is 84.9 Å². The first-order chi connectivity index (χ1) is 20.6. The molecule has 0 amide bonds. The highest BCUT2D eigenvalue weighted by Gasteiger charge is 2.17. The Morgan fingerprint density at radius 2 is 0.897 bits per heavy atom. The molecule has 0 saturated heterocycles. The third kappa shape index (κ3) is 3.41. The van der Waals surface area contributed by atoms with Gasteiger partial charge in [0, 0.05) is 10.8 Å². The minimum absolute atomic E-state index is 0.0370. The number of para-hydroxylation sites is 1. The minimum Gasteiger partial charge on any atom is -0.456 e. The van der Waals surface area contributed by atoms with Crippen molar-refractivity contribution in [2.24, 2.45) is 0 Å². The lowest BCUT2D eigenvalue weighted by Crippen LogP contribution is -1.90. The lowest BCUT2D eigenvalue weighted by molar-refractivity contribution is 0.669. The molecule has 0 atom stereocenters. The van der Waals surface area contributed by atoms with E-state index >= 15 is 0 Å². The van der Waals surface area contributed by atoms with Crippen LogP contribution >= 0.6 is 0 Å². The molecule has 182 valence electrons. The summed E-state index contributed by atoms with van der Waals surface area (Å²) < 4.78 is 31.9. The zero-order valence-electron chi connectivity index (χ0n) is 24.0. The van der Waals surface area contributed by atoms with E-state index in [4.69, 9.17) is 8.53 Å². The van der Waals surface area contributed by atoms with E-state index in [9.17, 15) is 0 Å². The second-order valence-corrected chi connectivity index (χ2v) is 9.84. The number of hydrogen-bond donors (Lipinski definition) is 0. The maximum absolute atomic E-state index is 8.86. The van der Waals surface area contributed by atoms with Gasteiger partial charge in [-0.3, -0.25) is 0 Å². The molecule has 1 aromatic heterocycles. The summed E-state index contributed by atoms with van der Waals surface area (Å²) in [7, 11) is 0. The molecule has 0 saturated carbocycles. The van der Waals surface area contributed by atoms with E-state index in [0.29, 0.717) is 22.1 Å². The highest BCUT2D eigenvalue weighted by Crippen LogP contribution is 2.44. The van der Waals surface area contributed by atoms with Crippen molar-refractivity contribution in [1.29, 1.82) is 0 Å². The number of furan rings is 1. The predicted octanol–water partition coefficient (Wildman–Crippen LogP) is 10.9. The molecule has 1 nitrogen and oxygen atoms in total. The lowest BCUT2D eigenvalue weighted by atomic mass is 9.85. The van der Waals surface area contributed by atoms with Gasteiger partial charge in [-0.1, -0.05) is 133 Å². The Balaban J connectivity index is 1.38. The SMILES string of the molecule is [2H]c1c([2H])c(-c2ccc(-c3c4ccccc4c(-c4ccccc4)c4ccccc34)cc2)c2c(oc3ccccc32)c1[2H]. The average molecular weight is 500 g/mol. The average Bonchev–Trinajstić information content (AvgIpc) is 3.43. The van der Waals surface area contributed by atoms with Crippen LogP contribution in [0.5, 0.6) is 0 Å². The minimum atomic E-state index is -0.130. The van der Waals surface area contributed by atoms with Gasteiger partial charge in [0.05, 0.1) is 4.11 Å². The summed E-state index contributed by atoms with van der Waals surface area (Å²) in [4.78, 5) is 0. The second-order valence-electron chi connectivity index (χ2n) is 9.84. The first kappa shape index (κ1) is 19.0. The Bertz CT molecular complexity index is 2260. The highest BCUT2D eigenvalue weighted by atomic mass is 16.3. The highest BCUT2D eigenvalue weighted by molar-refractivity contribution is 6.21. The molecule has 1 heterocycles. The first-order valence-electron chi connectivity index (χ1n) is 14.6. The maximum Gasteiger partial charge on any atom is 0.136 e. The lowest BCUT2D eigenvalue weighted by Gasteiger charge is -2.18. The summed E-state index contributed by atoms with van der Waals surface area (Å²) >= 11 is 0. The van der Waals surface area contributed by atoms with Crippen LogP contribution in [0.4, 0.5) is 0 Å². The van der Waals surface area contributed by atoms with Gasteiger partial charge >= 0.3 is 0 Å². The molecule has 7 aromatic carbocycles. The third-order valence-corrected chi connectivity index (χ3v) is 7.67. The van der Waals surface area contributed by atoms with Crippen LogP contribution in [0.1, 0.15) is 4.11 Å². The summed E-state index contributed by atoms with van der Waals surface area (Å²) in [6.45, 7) is 0. The molecule has 8 rings (SSSR count). The van der Waals surface area contributed by atoms with Crippen LogP contribution in [0.25, 0.3) is 76.9 Å². The quantitative estimate of drug-likeness (QED) is 0.220. The van der Waals surface area contributed by atoms with Crippen LogP contribution in [0.3, 0.4) is 0 Å². The number of fused-ring (bicyclic) bond motifs is 5. The Labute approximate surface area is 230 Å². The fraction of sp³-hybridized carbons (Fsp3) is 0. The zero-order valence-corrected chi connectivity index (χ0v) is 21.0. The Hall–Kier alpha value is -5.14. The van der Waals surface area contributed by atoms with Crippen molar-refractivity contribution < 1.29 is 8.53 Å². The van der Waals surface area contributed by atoms with Crippen molar-refractivity contribution >= 4 is 43.5 Å². The molecule has 0 aliphatic carbocycles. The molecule has 0 N–H and O–H groups in total. The molecular formula is C38H24O. The standard InChI is InChI=1S/C38H24O/c1-2-11-26(12-3-1)36-29-13-4-6-15-31(29)37(32-16-7-5-14-30(32)36)27-23-21-25(22-24-27)28-18-10-20-35-38(28)33-17-8-9-19-34(33)39-35/h1-24H/i10D,18D,20D. The van der Waals surface area contributed by atoms with Crippen LogP contribution < -0.4 is 0 Å². The summed E-state index contributed by atoms with van der Waals surface area (Å²) in [6.07, 6.45) is 0. The largest absolute Gasteiger partial charge is 0.456 e. The van der Waals surface area contributed by atoms with E-state index in [1.54, 1.807) is 0 Å². The van der Waals surface area contributed by atoms with Gasteiger partial charge in [0.15, 0.2) is 0 Å². The van der Waals surface area contributed by atoms with Crippen LogP contribution in [0.2, 0.25) is 0 Å². The van der Waals surface area contributed by atoms with Crippen molar-refractivity contribution in [3.8, 4) is 33.4 Å². The summed E-state index contributed by atoms with van der Waals surface area (Å²) in [5, 5.41) is 6.32. The first-order valence-corrected chi connectivity index (χ1v) is 13.1. The van der Waals surface area contributed by atoms with Crippen molar-refractivity contribution in [2.75, 3.05) is 0 Å². The Morgan fingerprint density at radius 1 is 0.410 bits per heavy atom. The summed E-state index contributed by atoms with van der Waals surface area (Å²) in [5.41, 5.74) is 7.11. The van der Waals surface area contributed by atoms with Gasteiger partial charge in [-0.25, -0.2) is 0 Å². The summed E-state index contributed by atoms with van der Waals surface area (Å²) in [6, 6.07) is 43.5. The van der Waals surface area contributed by atoms with Crippen LogP contribution in [-0.2, 0) is 0 Å². The Morgan fingerprint density at radius 3 is 1.51 bits per heavy atom. The van der Waals surface area contributed by atoms with Gasteiger partial charge < -0.3 is 4.42 Å². The number of hydrogen-bond acceptors (Lipinski definition) is 1. The van der Waals surface area contributed by atoms with Crippen molar-refractivity contribution in [3.63, 3.8) is 0 Å². The molecule has 0 aliphatic heterocycles. The van der Waals surface area contributed by atoms with Gasteiger partial charge in [0.2, 0.25) is 0 Å². The third-order valence-electron chi connectivity index (χ3n) is 7.67. The number of rotatable bonds is 3. The molecule has 8 aromatic rings. The molecule has 39 heavy (non-hydrogen) atoms. The fourth-order valence-electron chi connectivity index (χ4n) is 5.97. The van der Waals surface area contributed by atoms with Gasteiger partial charge in [-0.2, -0.15) is 0 Å². The monoisotopic (exact) mass is 499 g/mol. The zero-order chi connectivity index (χ0) is 28.4. The van der Waals surface area contributed by atoms with Crippen molar-refractivity contribution in [2.45, 2.75) is 0 Å². The second kappa shape index (κ2) is 8.72. The number of benzene rings is 7. The molecule has 0 aliphatic rings. The van der Waals surface area contributed by atoms with E-state index in [1.165, 1.54) is 38.2 Å². The van der Waals surface area contributed by atoms with Crippen molar-refractivity contribution in [3.05, 3.63) is 146 Å². The molecule has 0 spiro atoms. The molecule has 1 heteroatoms. The molecule has 0 radical (unpaired) electrons. The normalized spacial score (nSPS) is 12.7.